The smallest absolute Gasteiger partial charge is 0.412 e. The molecule has 0 aromatic carbocycles. The van der Waals surface area contributed by atoms with Crippen molar-refractivity contribution in [2.24, 2.45) is 0 Å². The van der Waals surface area contributed by atoms with Crippen LogP contribution in [0, 0.1) is 0 Å². The Balaban J connectivity index is 2.14. The quantitative estimate of drug-likeness (QED) is 0.548. The summed E-state index contributed by atoms with van der Waals surface area (Å²) < 4.78 is 49.5. The lowest BCUT2D eigenvalue weighted by atomic mass is 10.1. The molecule has 0 unspecified atom stereocenters. The lowest BCUT2D eigenvalue weighted by Gasteiger charge is -2.34. The molecule has 35 heavy (non-hydrogen) atoms. The Morgan fingerprint density at radius 3 is 1.29 bits per heavy atom. The van der Waals surface area contributed by atoms with Gasteiger partial charge < -0.3 is 18.9 Å². The third kappa shape index (κ3) is 7.22. The van der Waals surface area contributed by atoms with E-state index in [0.717, 1.165) is 0 Å². The molecule has 4 atom stereocenters. The molecular weight excluding hydrogens is 476 g/mol. The van der Waals surface area contributed by atoms with Gasteiger partial charge in [0.15, 0.2) is 9.84 Å². The summed E-state index contributed by atoms with van der Waals surface area (Å²) in [6.07, 6.45) is -2.60. The molecule has 0 aliphatic carbocycles. The summed E-state index contributed by atoms with van der Waals surface area (Å²) >= 11 is 0. The summed E-state index contributed by atoms with van der Waals surface area (Å²) in [4.78, 5) is 28.5. The molecule has 2 aliphatic rings. The van der Waals surface area contributed by atoms with Crippen LogP contribution < -0.4 is 0 Å². The Morgan fingerprint density at radius 1 is 0.743 bits per heavy atom. The van der Waals surface area contributed by atoms with Gasteiger partial charge in [-0.05, 0) is 83.1 Å². The van der Waals surface area contributed by atoms with Gasteiger partial charge in [0.1, 0.15) is 22.7 Å². The zero-order valence-electron chi connectivity index (χ0n) is 23.3. The number of sulfone groups is 1. The monoisotopic (exact) mass is 520 g/mol. The summed E-state index contributed by atoms with van der Waals surface area (Å²) in [5.41, 5.74) is -3.46. The molecule has 2 fully saturated rings. The van der Waals surface area contributed by atoms with Crippen molar-refractivity contribution < 1.29 is 37.0 Å². The van der Waals surface area contributed by atoms with E-state index in [-0.39, 0.29) is 11.5 Å². The first-order chi connectivity index (χ1) is 15.5. The Hall–Kier alpha value is -1.59. The van der Waals surface area contributed by atoms with E-state index in [0.29, 0.717) is 0 Å². The molecule has 2 rings (SSSR count). The lowest BCUT2D eigenvalue weighted by Crippen LogP contribution is -2.50. The topological polar surface area (TPSA) is 112 Å². The number of carbonyl (C=O) groups excluding carboxylic acids is 2. The first-order valence-corrected chi connectivity index (χ1v) is 13.9. The summed E-state index contributed by atoms with van der Waals surface area (Å²) in [5, 5.41) is 0. The van der Waals surface area contributed by atoms with Crippen LogP contribution in [-0.4, -0.2) is 88.9 Å². The maximum absolute atomic E-state index is 13.2. The van der Waals surface area contributed by atoms with Crippen LogP contribution in [0.25, 0.3) is 0 Å². The Morgan fingerprint density at radius 2 is 1.03 bits per heavy atom. The molecule has 10 nitrogen and oxygen atoms in total. The van der Waals surface area contributed by atoms with Crippen molar-refractivity contribution in [1.82, 2.24) is 9.80 Å². The van der Waals surface area contributed by atoms with Gasteiger partial charge in [0.2, 0.25) is 0 Å². The second-order valence-corrected chi connectivity index (χ2v) is 14.6. The number of hydrogen-bond acceptors (Lipinski definition) is 8. The highest BCUT2D eigenvalue weighted by Crippen LogP contribution is 2.36. The van der Waals surface area contributed by atoms with Crippen LogP contribution in [0.3, 0.4) is 0 Å². The molecule has 2 saturated heterocycles. The number of hydrogen-bond donors (Lipinski definition) is 0. The van der Waals surface area contributed by atoms with Gasteiger partial charge in [-0.25, -0.2) is 18.0 Å². The summed E-state index contributed by atoms with van der Waals surface area (Å²) in [6.45, 7) is 21.0. The Kier molecular flexibility index (Phi) is 7.94. The fraction of sp³-hybridized carbons (Fsp3) is 0.917. The number of ether oxygens (including phenoxy) is 4. The molecular formula is C24H44N2O8S. The zero-order chi connectivity index (χ0) is 27.4. The van der Waals surface area contributed by atoms with E-state index < -0.39 is 69.0 Å². The molecule has 2 amide bonds. The van der Waals surface area contributed by atoms with Crippen LogP contribution in [0.15, 0.2) is 0 Å². The summed E-state index contributed by atoms with van der Waals surface area (Å²) in [7, 11) is -3.69. The fourth-order valence-electron chi connectivity index (χ4n) is 4.67. The molecule has 0 aromatic heterocycles. The van der Waals surface area contributed by atoms with Gasteiger partial charge in [-0.3, -0.25) is 9.80 Å². The van der Waals surface area contributed by atoms with Crippen molar-refractivity contribution in [3.05, 3.63) is 0 Å². The van der Waals surface area contributed by atoms with Gasteiger partial charge in [-0.2, -0.15) is 0 Å². The van der Waals surface area contributed by atoms with Crippen LogP contribution in [0.4, 0.5) is 9.59 Å². The van der Waals surface area contributed by atoms with Gasteiger partial charge in [-0.15, -0.1) is 0 Å². The summed E-state index contributed by atoms with van der Waals surface area (Å²) in [5.74, 6) is -0.591. The third-order valence-electron chi connectivity index (χ3n) is 5.95. The minimum atomic E-state index is -3.69. The predicted molar refractivity (Wildman–Crippen MR) is 132 cm³/mol. The minimum Gasteiger partial charge on any atom is -0.444 e. The fourth-order valence-corrected chi connectivity index (χ4v) is 6.50. The number of nitrogens with zero attached hydrogens (tertiary/aromatic N) is 2. The maximum atomic E-state index is 13.2. The van der Waals surface area contributed by atoms with Crippen LogP contribution >= 0.6 is 0 Å². The second kappa shape index (κ2) is 9.37. The van der Waals surface area contributed by atoms with Crippen LogP contribution in [-0.2, 0) is 28.8 Å². The van der Waals surface area contributed by atoms with Crippen molar-refractivity contribution >= 4 is 22.0 Å². The van der Waals surface area contributed by atoms with E-state index in [1.54, 1.807) is 83.1 Å². The van der Waals surface area contributed by atoms with Crippen LogP contribution in [0.2, 0.25) is 0 Å². The van der Waals surface area contributed by atoms with E-state index in [1.165, 1.54) is 9.80 Å². The van der Waals surface area contributed by atoms with Crippen LogP contribution in [0.5, 0.6) is 0 Å². The third-order valence-corrected chi connectivity index (χ3v) is 7.62. The highest BCUT2D eigenvalue weighted by atomic mass is 32.2. The number of rotatable bonds is 4. The Bertz CT molecular complexity index is 849. The van der Waals surface area contributed by atoms with E-state index >= 15 is 0 Å². The lowest BCUT2D eigenvalue weighted by molar-refractivity contribution is -0.0749. The molecule has 2 heterocycles. The van der Waals surface area contributed by atoms with Gasteiger partial charge in [0, 0.05) is 0 Å². The van der Waals surface area contributed by atoms with E-state index in [2.05, 4.69) is 0 Å². The van der Waals surface area contributed by atoms with Crippen molar-refractivity contribution in [2.45, 2.75) is 130 Å². The van der Waals surface area contributed by atoms with Crippen molar-refractivity contribution in [3.63, 3.8) is 0 Å². The number of carbonyl (C=O) groups is 2. The standard InChI is InChI=1S/C24H44N2O8S/c1-15-17(31-23(9,10)25(15)19(27)33-21(3,4)5)13-35(29,30)14-18-16(2)26(24(11,12)32-18)20(28)34-22(6,7)8/h15-18H,13-14H2,1-12H3/t15-,16-,17+,18+/m0/s1. The van der Waals surface area contributed by atoms with Crippen molar-refractivity contribution in [2.75, 3.05) is 11.5 Å². The Labute approximate surface area is 210 Å². The highest BCUT2D eigenvalue weighted by molar-refractivity contribution is 7.91. The number of amides is 2. The van der Waals surface area contributed by atoms with Gasteiger partial charge >= 0.3 is 12.2 Å². The SMILES string of the molecule is C[C@H]1[C@@H](CS(=O)(=O)C[C@H]2OC(C)(C)N(C(=O)OC(C)(C)C)[C@H]2C)OC(C)(C)N1C(=O)OC(C)(C)C. The zero-order valence-corrected chi connectivity index (χ0v) is 24.1. The predicted octanol–water partition coefficient (Wildman–Crippen LogP) is 3.92. The second-order valence-electron chi connectivity index (χ2n) is 12.5. The molecule has 0 bridgehead atoms. The molecule has 0 radical (unpaired) electrons. The first-order valence-electron chi connectivity index (χ1n) is 12.1. The van der Waals surface area contributed by atoms with E-state index in [9.17, 15) is 18.0 Å². The van der Waals surface area contributed by atoms with Gasteiger partial charge in [0.25, 0.3) is 0 Å². The molecule has 0 aromatic rings. The van der Waals surface area contributed by atoms with Crippen molar-refractivity contribution in [3.8, 4) is 0 Å². The average molecular weight is 521 g/mol. The molecule has 11 heteroatoms. The molecule has 0 saturated carbocycles. The van der Waals surface area contributed by atoms with Gasteiger partial charge in [-0.1, -0.05) is 0 Å². The average Bonchev–Trinajstić information content (AvgIpc) is 2.90. The first kappa shape index (κ1) is 29.6. The summed E-state index contributed by atoms with van der Waals surface area (Å²) in [6, 6.07) is -1.04. The van der Waals surface area contributed by atoms with E-state index in [1.807, 2.05) is 0 Å². The van der Waals surface area contributed by atoms with Crippen LogP contribution in [0.1, 0.15) is 83.1 Å². The highest BCUT2D eigenvalue weighted by Gasteiger charge is 2.53. The minimum absolute atomic E-state index is 0.295. The molecule has 0 N–H and O–H groups in total. The normalized spacial score (nSPS) is 28.8. The van der Waals surface area contributed by atoms with E-state index in [4.69, 9.17) is 18.9 Å². The molecule has 0 spiro atoms. The van der Waals surface area contributed by atoms with Crippen molar-refractivity contribution in [1.29, 1.82) is 0 Å². The largest absolute Gasteiger partial charge is 0.444 e. The maximum Gasteiger partial charge on any atom is 0.412 e. The molecule has 2 aliphatic heterocycles. The molecule has 204 valence electrons. The van der Waals surface area contributed by atoms with Gasteiger partial charge in [0.05, 0.1) is 35.8 Å².